The lowest BCUT2D eigenvalue weighted by Crippen LogP contribution is -2.44. The van der Waals surface area contributed by atoms with Crippen LogP contribution in [0.2, 0.25) is 0 Å². The van der Waals surface area contributed by atoms with Gasteiger partial charge < -0.3 is 18.6 Å². The van der Waals surface area contributed by atoms with Crippen molar-refractivity contribution in [3.8, 4) is 17.2 Å². The van der Waals surface area contributed by atoms with Gasteiger partial charge in [0.05, 0.1) is 32.5 Å². The summed E-state index contributed by atoms with van der Waals surface area (Å²) in [6.45, 7) is 0. The molecule has 8 nitrogen and oxygen atoms in total. The topological polar surface area (TPSA) is 90.2 Å². The molecule has 30 heavy (non-hydrogen) atoms. The van der Waals surface area contributed by atoms with E-state index in [1.807, 2.05) is 0 Å². The van der Waals surface area contributed by atoms with Gasteiger partial charge in [-0.3, -0.25) is 15.0 Å². The van der Waals surface area contributed by atoms with Crippen molar-refractivity contribution < 1.29 is 28.2 Å². The van der Waals surface area contributed by atoms with Gasteiger partial charge in [0.25, 0.3) is 11.8 Å². The van der Waals surface area contributed by atoms with Crippen molar-refractivity contribution in [2.24, 2.45) is 0 Å². The quantitative estimate of drug-likeness (QED) is 0.511. The Morgan fingerprint density at radius 1 is 1.20 bits per heavy atom. The highest BCUT2D eigenvalue weighted by molar-refractivity contribution is 8.26. The molecule has 1 aromatic carbocycles. The minimum atomic E-state index is -0.557. The van der Waals surface area contributed by atoms with Gasteiger partial charge >= 0.3 is 0 Å². The summed E-state index contributed by atoms with van der Waals surface area (Å²) in [4.78, 5) is 25.7. The lowest BCUT2D eigenvalue weighted by Gasteiger charge is -2.17. The van der Waals surface area contributed by atoms with E-state index < -0.39 is 11.8 Å². The molecule has 0 spiro atoms. The summed E-state index contributed by atoms with van der Waals surface area (Å²) in [5.74, 6) is 0.643. The Hall–Kier alpha value is -3.24. The molecule has 0 radical (unpaired) electrons. The molecular weight excluding hydrogens is 428 g/mol. The number of carbonyl (C=O) groups is 2. The number of thioether (sulfide) groups is 1. The van der Waals surface area contributed by atoms with E-state index in [0.29, 0.717) is 27.9 Å². The van der Waals surface area contributed by atoms with Crippen LogP contribution in [0.3, 0.4) is 0 Å². The number of benzene rings is 1. The van der Waals surface area contributed by atoms with E-state index in [0.717, 1.165) is 16.8 Å². The van der Waals surface area contributed by atoms with Crippen LogP contribution in [0.1, 0.15) is 16.1 Å². The van der Waals surface area contributed by atoms with Crippen LogP contribution in [0.15, 0.2) is 52.0 Å². The van der Waals surface area contributed by atoms with Crippen LogP contribution in [-0.2, 0) is 4.79 Å². The Morgan fingerprint density at radius 3 is 2.47 bits per heavy atom. The third-order valence-electron chi connectivity index (χ3n) is 3.99. The van der Waals surface area contributed by atoms with Crippen molar-refractivity contribution >= 4 is 46.2 Å². The minimum Gasteiger partial charge on any atom is -0.493 e. The van der Waals surface area contributed by atoms with E-state index in [-0.39, 0.29) is 9.88 Å². The van der Waals surface area contributed by atoms with Gasteiger partial charge in [-0.25, -0.2) is 0 Å². The number of allylic oxidation sites excluding steroid dienone is 2. The summed E-state index contributed by atoms with van der Waals surface area (Å²) < 4.78 is 21.2. The van der Waals surface area contributed by atoms with Crippen LogP contribution in [-0.4, -0.2) is 42.5 Å². The maximum Gasteiger partial charge on any atom is 0.285 e. The van der Waals surface area contributed by atoms with E-state index in [9.17, 15) is 9.59 Å². The number of methoxy groups -OCH3 is 3. The second kappa shape index (κ2) is 9.51. The first-order valence-corrected chi connectivity index (χ1v) is 9.80. The minimum absolute atomic E-state index is 0.207. The number of nitrogens with one attached hydrogen (secondary N) is 1. The third kappa shape index (κ3) is 4.50. The van der Waals surface area contributed by atoms with Gasteiger partial charge in [-0.1, -0.05) is 17.8 Å². The molecule has 1 saturated heterocycles. The highest BCUT2D eigenvalue weighted by Crippen LogP contribution is 2.38. The predicted molar refractivity (Wildman–Crippen MR) is 116 cm³/mol. The molecule has 1 aliphatic heterocycles. The van der Waals surface area contributed by atoms with E-state index in [1.165, 1.54) is 33.5 Å². The number of furan rings is 1. The number of amides is 2. The van der Waals surface area contributed by atoms with Crippen LogP contribution in [0.4, 0.5) is 0 Å². The van der Waals surface area contributed by atoms with Crippen molar-refractivity contribution in [3.63, 3.8) is 0 Å². The smallest absolute Gasteiger partial charge is 0.285 e. The van der Waals surface area contributed by atoms with E-state index >= 15 is 0 Å². The summed E-state index contributed by atoms with van der Waals surface area (Å²) in [6, 6.07) is 6.51. The fourth-order valence-electron chi connectivity index (χ4n) is 2.57. The highest BCUT2D eigenvalue weighted by Gasteiger charge is 2.33. The SMILES string of the molecule is COc1cc(C(=O)NN2C(=O)C(=CC=Cc3ccco3)SC2=S)cc(OC)c1OC. The predicted octanol–water partition coefficient (Wildman–Crippen LogP) is 3.41. The standard InChI is InChI=1S/C20H18N2O6S2/c1-25-14-10-12(11-15(26-2)17(14)27-3)18(23)21-22-19(24)16(30-20(22)29)8-4-6-13-7-5-9-28-13/h4-11H,1-3H3,(H,21,23). The molecule has 156 valence electrons. The number of hydrogen-bond acceptors (Lipinski definition) is 8. The first-order valence-electron chi connectivity index (χ1n) is 8.57. The number of nitrogens with zero attached hydrogens (tertiary/aromatic N) is 1. The van der Waals surface area contributed by atoms with E-state index in [1.54, 1.807) is 36.6 Å². The maximum absolute atomic E-state index is 12.7. The fourth-order valence-corrected chi connectivity index (χ4v) is 3.70. The van der Waals surface area contributed by atoms with Crippen LogP contribution in [0.5, 0.6) is 17.2 Å². The molecule has 1 N–H and O–H groups in total. The molecule has 2 heterocycles. The van der Waals surface area contributed by atoms with Gasteiger partial charge in [-0.2, -0.15) is 5.01 Å². The number of ether oxygens (including phenoxy) is 3. The number of hydrogen-bond donors (Lipinski definition) is 1. The summed E-state index contributed by atoms with van der Waals surface area (Å²) in [5.41, 5.74) is 2.72. The first-order chi connectivity index (χ1) is 14.5. The van der Waals surface area contributed by atoms with Gasteiger partial charge in [-0.15, -0.1) is 0 Å². The van der Waals surface area contributed by atoms with Crippen molar-refractivity contribution in [2.75, 3.05) is 21.3 Å². The number of hydrazine groups is 1. The van der Waals surface area contributed by atoms with Gasteiger partial charge in [0.15, 0.2) is 15.8 Å². The molecule has 1 aromatic heterocycles. The molecule has 2 aromatic rings. The van der Waals surface area contributed by atoms with Gasteiger partial charge in [-0.05, 0) is 48.6 Å². The third-order valence-corrected chi connectivity index (χ3v) is 5.31. The van der Waals surface area contributed by atoms with Crippen LogP contribution in [0, 0.1) is 0 Å². The molecule has 0 aliphatic carbocycles. The van der Waals surface area contributed by atoms with Gasteiger partial charge in [0.2, 0.25) is 5.75 Å². The summed E-state index contributed by atoms with van der Waals surface area (Å²) in [6.07, 6.45) is 6.54. The number of thiocarbonyl (C=S) groups is 1. The lowest BCUT2D eigenvalue weighted by atomic mass is 10.1. The number of rotatable bonds is 7. The molecule has 0 bridgehead atoms. The molecule has 1 aliphatic rings. The average molecular weight is 447 g/mol. The summed E-state index contributed by atoms with van der Waals surface area (Å²) >= 11 is 6.31. The van der Waals surface area contributed by atoms with Crippen LogP contribution < -0.4 is 19.6 Å². The normalized spacial score (nSPS) is 15.2. The zero-order valence-corrected chi connectivity index (χ0v) is 18.0. The maximum atomic E-state index is 12.7. The zero-order chi connectivity index (χ0) is 21.7. The Bertz CT molecular complexity index is 1000. The zero-order valence-electron chi connectivity index (χ0n) is 16.3. The van der Waals surface area contributed by atoms with Crippen LogP contribution >= 0.6 is 24.0 Å². The van der Waals surface area contributed by atoms with Crippen LogP contribution in [0.25, 0.3) is 6.08 Å². The second-order valence-electron chi connectivity index (χ2n) is 5.77. The van der Waals surface area contributed by atoms with Crippen molar-refractivity contribution in [1.29, 1.82) is 0 Å². The first kappa shape index (κ1) is 21.5. The Kier molecular flexibility index (Phi) is 6.80. The molecule has 10 heteroatoms. The van der Waals surface area contributed by atoms with Gasteiger partial charge in [0.1, 0.15) is 5.76 Å². The lowest BCUT2D eigenvalue weighted by molar-refractivity contribution is -0.123. The van der Waals surface area contributed by atoms with Gasteiger partial charge in [0, 0.05) is 5.56 Å². The monoisotopic (exact) mass is 446 g/mol. The van der Waals surface area contributed by atoms with Crippen molar-refractivity contribution in [3.05, 3.63) is 58.9 Å². The molecule has 2 amide bonds. The Labute approximate surface area is 182 Å². The van der Waals surface area contributed by atoms with E-state index in [4.69, 9.17) is 30.8 Å². The van der Waals surface area contributed by atoms with E-state index in [2.05, 4.69) is 5.43 Å². The Balaban J connectivity index is 1.76. The summed E-state index contributed by atoms with van der Waals surface area (Å²) in [5, 5.41) is 1.03. The highest BCUT2D eigenvalue weighted by atomic mass is 32.2. The van der Waals surface area contributed by atoms with Crippen molar-refractivity contribution in [2.45, 2.75) is 0 Å². The number of carbonyl (C=O) groups excluding carboxylic acids is 2. The Morgan fingerprint density at radius 2 is 1.90 bits per heavy atom. The molecule has 0 unspecified atom stereocenters. The van der Waals surface area contributed by atoms with Crippen molar-refractivity contribution in [1.82, 2.24) is 10.4 Å². The molecule has 0 saturated carbocycles. The molecule has 1 fully saturated rings. The molecule has 0 atom stereocenters. The molecule has 3 rings (SSSR count). The average Bonchev–Trinajstić information content (AvgIpc) is 3.36. The molecular formula is C20H18N2O6S2. The second-order valence-corrected chi connectivity index (χ2v) is 7.44. The largest absolute Gasteiger partial charge is 0.493 e. The fraction of sp³-hybridized carbons (Fsp3) is 0.150. The summed E-state index contributed by atoms with van der Waals surface area (Å²) in [7, 11) is 4.36.